The minimum Gasteiger partial charge on any atom is -0.480 e. The molecule has 1 aromatic rings. The number of aromatic nitrogens is 1. The first-order valence-corrected chi connectivity index (χ1v) is 11.6. The monoisotopic (exact) mass is 467 g/mol. The molecule has 0 spiro atoms. The summed E-state index contributed by atoms with van der Waals surface area (Å²) in [6, 6.07) is 1.60. The van der Waals surface area contributed by atoms with Gasteiger partial charge in [-0.2, -0.15) is 4.98 Å². The Kier molecular flexibility index (Phi) is 8.95. The third-order valence-electron chi connectivity index (χ3n) is 6.33. The van der Waals surface area contributed by atoms with Gasteiger partial charge in [0.1, 0.15) is 11.4 Å². The van der Waals surface area contributed by atoms with Crippen molar-refractivity contribution in [3.8, 4) is 5.88 Å². The Morgan fingerprint density at radius 2 is 1.88 bits per heavy atom. The van der Waals surface area contributed by atoms with E-state index in [1.54, 1.807) is 7.11 Å². The van der Waals surface area contributed by atoms with Crippen LogP contribution in [0.5, 0.6) is 5.88 Å². The Morgan fingerprint density at radius 3 is 2.50 bits per heavy atom. The van der Waals surface area contributed by atoms with E-state index >= 15 is 0 Å². The lowest BCUT2D eigenvalue weighted by Gasteiger charge is -2.38. The summed E-state index contributed by atoms with van der Waals surface area (Å²) in [5.74, 6) is 0.864. The Labute approximate surface area is 194 Å². The van der Waals surface area contributed by atoms with Crippen molar-refractivity contribution in [1.29, 1.82) is 0 Å². The number of hydrogen-bond acceptors (Lipinski definition) is 7. The quantitative estimate of drug-likeness (QED) is 0.599. The van der Waals surface area contributed by atoms with E-state index in [2.05, 4.69) is 15.2 Å². The number of likely N-dealkylation sites (tertiary alicyclic amines) is 2. The fourth-order valence-electron chi connectivity index (χ4n) is 4.40. The highest BCUT2D eigenvalue weighted by atomic mass is 35.5. The molecule has 0 atom stereocenters. The summed E-state index contributed by atoms with van der Waals surface area (Å²) in [5, 5.41) is 3.31. The summed E-state index contributed by atoms with van der Waals surface area (Å²) >= 11 is 6.03. The lowest BCUT2D eigenvalue weighted by molar-refractivity contribution is -0.133. The van der Waals surface area contributed by atoms with Crippen LogP contribution in [-0.2, 0) is 9.53 Å². The molecule has 1 aromatic heterocycles. The first-order chi connectivity index (χ1) is 15.4. The van der Waals surface area contributed by atoms with Gasteiger partial charge in [0.25, 0.3) is 5.91 Å². The van der Waals surface area contributed by atoms with Gasteiger partial charge >= 0.3 is 0 Å². The van der Waals surface area contributed by atoms with Gasteiger partial charge in [0.05, 0.1) is 25.2 Å². The number of pyridine rings is 1. The van der Waals surface area contributed by atoms with Crippen molar-refractivity contribution >= 4 is 29.2 Å². The van der Waals surface area contributed by atoms with E-state index < -0.39 is 0 Å². The van der Waals surface area contributed by atoms with Crippen LogP contribution in [0.2, 0.25) is 5.02 Å². The predicted octanol–water partition coefficient (Wildman–Crippen LogP) is 1.80. The minimum absolute atomic E-state index is 0.0973. The number of rotatable bonds is 8. The summed E-state index contributed by atoms with van der Waals surface area (Å²) in [6.45, 7) is 5.08. The maximum Gasteiger partial charge on any atom is 0.257 e. The van der Waals surface area contributed by atoms with Crippen molar-refractivity contribution in [1.82, 2.24) is 20.1 Å². The Hall–Kier alpha value is -2.10. The molecule has 32 heavy (non-hydrogen) atoms. The number of hydrogen-bond donors (Lipinski definition) is 2. The zero-order chi connectivity index (χ0) is 23.1. The molecule has 3 rings (SSSR count). The maximum absolute atomic E-state index is 12.7. The van der Waals surface area contributed by atoms with Crippen molar-refractivity contribution in [3.05, 3.63) is 16.7 Å². The number of halogens is 1. The molecular formula is C22H34ClN5O4. The lowest BCUT2D eigenvalue weighted by Crippen LogP contribution is -2.47. The predicted molar refractivity (Wildman–Crippen MR) is 123 cm³/mol. The number of carbonyl (C=O) groups excluding carboxylic acids is 2. The van der Waals surface area contributed by atoms with Crippen LogP contribution in [0.3, 0.4) is 0 Å². The lowest BCUT2D eigenvalue weighted by atomic mass is 9.94. The van der Waals surface area contributed by atoms with Gasteiger partial charge in [-0.3, -0.25) is 9.59 Å². The second-order valence-electron chi connectivity index (χ2n) is 8.53. The largest absolute Gasteiger partial charge is 0.480 e. The van der Waals surface area contributed by atoms with Gasteiger partial charge in [0.15, 0.2) is 0 Å². The van der Waals surface area contributed by atoms with Crippen molar-refractivity contribution in [2.45, 2.75) is 38.1 Å². The molecule has 2 saturated heterocycles. The third kappa shape index (κ3) is 6.46. The van der Waals surface area contributed by atoms with E-state index in [1.807, 2.05) is 4.90 Å². The molecule has 0 saturated carbocycles. The molecule has 0 aromatic carbocycles. The fraction of sp³-hybridized carbons (Fsp3) is 0.682. The normalized spacial score (nSPS) is 18.5. The smallest absolute Gasteiger partial charge is 0.257 e. The number of nitrogen functional groups attached to an aromatic ring is 1. The first kappa shape index (κ1) is 24.5. The topological polar surface area (TPSA) is 110 Å². The van der Waals surface area contributed by atoms with Crippen LogP contribution in [0.1, 0.15) is 42.5 Å². The Bertz CT molecular complexity index is 793. The maximum atomic E-state index is 12.7. The summed E-state index contributed by atoms with van der Waals surface area (Å²) in [4.78, 5) is 33.3. The van der Waals surface area contributed by atoms with Crippen molar-refractivity contribution in [2.75, 3.05) is 59.3 Å². The molecule has 2 aliphatic heterocycles. The number of nitrogens with zero attached hydrogens (tertiary/aromatic N) is 3. The summed E-state index contributed by atoms with van der Waals surface area (Å²) in [7, 11) is 3.07. The summed E-state index contributed by atoms with van der Waals surface area (Å²) < 4.78 is 10.2. The van der Waals surface area contributed by atoms with Gasteiger partial charge in [0.2, 0.25) is 11.8 Å². The number of piperidine rings is 2. The molecule has 10 heteroatoms. The van der Waals surface area contributed by atoms with E-state index in [-0.39, 0.29) is 34.6 Å². The molecule has 0 unspecified atom stereocenters. The van der Waals surface area contributed by atoms with Crippen molar-refractivity contribution < 1.29 is 19.1 Å². The van der Waals surface area contributed by atoms with E-state index in [9.17, 15) is 9.59 Å². The average molecular weight is 468 g/mol. The van der Waals surface area contributed by atoms with Gasteiger partial charge in [0, 0.05) is 45.9 Å². The number of amides is 2. The standard InChI is InChI=1S/C22H34ClN5O4/c1-31-12-7-19(29)28-10-3-15(4-11-28)14-27-8-5-16(6-9-27)25-21(30)17-13-18(23)20(24)26-22(17)32-2/h13,15-16H,3-12,14H2,1-2H3,(H2,24,26)(H,25,30). The Balaban J connectivity index is 1.41. The molecule has 2 amide bonds. The van der Waals surface area contributed by atoms with Crippen molar-refractivity contribution in [3.63, 3.8) is 0 Å². The molecule has 178 valence electrons. The van der Waals surface area contributed by atoms with Crippen LogP contribution in [0.4, 0.5) is 5.82 Å². The van der Waals surface area contributed by atoms with Gasteiger partial charge in [-0.05, 0) is 37.7 Å². The number of nitrogens with two attached hydrogens (primary N) is 1. The van der Waals surface area contributed by atoms with Crippen LogP contribution in [-0.4, -0.2) is 86.2 Å². The van der Waals surface area contributed by atoms with Crippen LogP contribution in [0, 0.1) is 5.92 Å². The second-order valence-corrected chi connectivity index (χ2v) is 8.93. The van der Waals surface area contributed by atoms with Gasteiger partial charge < -0.3 is 30.3 Å². The van der Waals surface area contributed by atoms with Gasteiger partial charge in [-0.1, -0.05) is 11.6 Å². The fourth-order valence-corrected chi connectivity index (χ4v) is 4.56. The van der Waals surface area contributed by atoms with Crippen LogP contribution in [0.15, 0.2) is 6.07 Å². The average Bonchev–Trinajstić information content (AvgIpc) is 2.80. The first-order valence-electron chi connectivity index (χ1n) is 11.2. The molecule has 2 fully saturated rings. The van der Waals surface area contributed by atoms with Crippen molar-refractivity contribution in [2.24, 2.45) is 5.92 Å². The highest BCUT2D eigenvalue weighted by molar-refractivity contribution is 6.33. The highest BCUT2D eigenvalue weighted by Crippen LogP contribution is 2.26. The Morgan fingerprint density at radius 1 is 1.19 bits per heavy atom. The molecular weight excluding hydrogens is 434 g/mol. The van der Waals surface area contributed by atoms with Gasteiger partial charge in [-0.25, -0.2) is 0 Å². The molecule has 0 radical (unpaired) electrons. The zero-order valence-corrected chi connectivity index (χ0v) is 19.7. The second kappa shape index (κ2) is 11.7. The van der Waals surface area contributed by atoms with E-state index in [4.69, 9.17) is 26.8 Å². The highest BCUT2D eigenvalue weighted by Gasteiger charge is 2.27. The van der Waals surface area contributed by atoms with Gasteiger partial charge in [-0.15, -0.1) is 0 Å². The molecule has 0 bridgehead atoms. The summed E-state index contributed by atoms with van der Waals surface area (Å²) in [5.41, 5.74) is 5.99. The number of anilines is 1. The van der Waals surface area contributed by atoms with Crippen LogP contribution >= 0.6 is 11.6 Å². The molecule has 3 heterocycles. The minimum atomic E-state index is -0.250. The zero-order valence-electron chi connectivity index (χ0n) is 18.9. The molecule has 0 aliphatic carbocycles. The number of carbonyl (C=O) groups is 2. The molecule has 3 N–H and O–H groups in total. The molecule has 2 aliphatic rings. The summed E-state index contributed by atoms with van der Waals surface area (Å²) in [6.07, 6.45) is 4.32. The number of ether oxygens (including phenoxy) is 2. The van der Waals surface area contributed by atoms with E-state index in [0.717, 1.165) is 58.4 Å². The third-order valence-corrected chi connectivity index (χ3v) is 6.64. The van der Waals surface area contributed by atoms with Crippen LogP contribution in [0.25, 0.3) is 0 Å². The van der Waals surface area contributed by atoms with E-state index in [0.29, 0.717) is 24.5 Å². The van der Waals surface area contributed by atoms with E-state index in [1.165, 1.54) is 13.2 Å². The molecule has 9 nitrogen and oxygen atoms in total. The number of methoxy groups -OCH3 is 2. The SMILES string of the molecule is COCCC(=O)N1CCC(CN2CCC(NC(=O)c3cc(Cl)c(N)nc3OC)CC2)CC1. The number of nitrogens with one attached hydrogen (secondary N) is 1. The van der Waals surface area contributed by atoms with Crippen LogP contribution < -0.4 is 15.8 Å².